The Bertz CT molecular complexity index is 919. The summed E-state index contributed by atoms with van der Waals surface area (Å²) in [7, 11) is 0. The highest BCUT2D eigenvalue weighted by molar-refractivity contribution is 6.31. The molecule has 1 aromatic carbocycles. The molecule has 7 heteroatoms. The van der Waals surface area contributed by atoms with Gasteiger partial charge in [-0.05, 0) is 23.8 Å². The molecule has 0 aliphatic rings. The molecule has 0 radical (unpaired) electrons. The molecular formula is C18H17ClN4O2. The van der Waals surface area contributed by atoms with Gasteiger partial charge in [-0.25, -0.2) is 0 Å². The molecule has 2 aromatic heterocycles. The first-order chi connectivity index (χ1) is 12.1. The maximum atomic E-state index is 12.1. The summed E-state index contributed by atoms with van der Waals surface area (Å²) in [6, 6.07) is 12.2. The number of anilines is 1. The van der Waals surface area contributed by atoms with Crippen LogP contribution in [0.2, 0.25) is 5.02 Å². The van der Waals surface area contributed by atoms with Gasteiger partial charge >= 0.3 is 0 Å². The molecule has 3 rings (SSSR count). The predicted molar refractivity (Wildman–Crippen MR) is 96.7 cm³/mol. The second-order valence-corrected chi connectivity index (χ2v) is 5.95. The first kappa shape index (κ1) is 17.0. The van der Waals surface area contributed by atoms with E-state index in [2.05, 4.69) is 10.4 Å². The first-order valence-electron chi connectivity index (χ1n) is 7.83. The van der Waals surface area contributed by atoms with E-state index in [1.165, 1.54) is 10.6 Å². The monoisotopic (exact) mass is 356 g/mol. The van der Waals surface area contributed by atoms with Gasteiger partial charge in [-0.1, -0.05) is 29.8 Å². The van der Waals surface area contributed by atoms with Crippen LogP contribution in [0.3, 0.4) is 0 Å². The van der Waals surface area contributed by atoms with E-state index < -0.39 is 0 Å². The van der Waals surface area contributed by atoms with Gasteiger partial charge in [0.1, 0.15) is 0 Å². The normalized spacial score (nSPS) is 10.6. The Labute approximate surface area is 149 Å². The van der Waals surface area contributed by atoms with Gasteiger partial charge in [0.15, 0.2) is 0 Å². The second-order valence-electron chi connectivity index (χ2n) is 5.54. The summed E-state index contributed by atoms with van der Waals surface area (Å²) in [5.74, 6) is -0.140. The molecule has 1 amide bonds. The number of amides is 1. The van der Waals surface area contributed by atoms with Gasteiger partial charge in [-0.15, -0.1) is 0 Å². The van der Waals surface area contributed by atoms with Crippen LogP contribution < -0.4 is 10.9 Å². The van der Waals surface area contributed by atoms with Gasteiger partial charge in [0.2, 0.25) is 5.91 Å². The van der Waals surface area contributed by atoms with Crippen LogP contribution in [-0.2, 0) is 17.9 Å². The summed E-state index contributed by atoms with van der Waals surface area (Å²) < 4.78 is 3.21. The van der Waals surface area contributed by atoms with Crippen molar-refractivity contribution in [2.45, 2.75) is 19.5 Å². The smallest absolute Gasteiger partial charge is 0.250 e. The van der Waals surface area contributed by atoms with Gasteiger partial charge in [-0.2, -0.15) is 5.10 Å². The number of rotatable bonds is 6. The van der Waals surface area contributed by atoms with Gasteiger partial charge in [-0.3, -0.25) is 14.3 Å². The van der Waals surface area contributed by atoms with E-state index in [1.807, 2.05) is 24.3 Å². The lowest BCUT2D eigenvalue weighted by atomic mass is 10.2. The fraction of sp³-hybridized carbons (Fsp3) is 0.167. The third kappa shape index (κ3) is 4.58. The molecule has 0 fully saturated rings. The number of hydrogen-bond acceptors (Lipinski definition) is 3. The maximum Gasteiger partial charge on any atom is 0.250 e. The van der Waals surface area contributed by atoms with Crippen LogP contribution in [0.5, 0.6) is 0 Å². The van der Waals surface area contributed by atoms with Crippen molar-refractivity contribution in [3.63, 3.8) is 0 Å². The molecule has 6 nitrogen and oxygen atoms in total. The van der Waals surface area contributed by atoms with Crippen molar-refractivity contribution in [2.75, 3.05) is 5.32 Å². The Balaban J connectivity index is 1.67. The van der Waals surface area contributed by atoms with Crippen molar-refractivity contribution < 1.29 is 4.79 Å². The minimum Gasteiger partial charge on any atom is -0.325 e. The topological polar surface area (TPSA) is 68.9 Å². The van der Waals surface area contributed by atoms with Crippen LogP contribution in [0.25, 0.3) is 0 Å². The van der Waals surface area contributed by atoms with Gasteiger partial charge < -0.3 is 9.88 Å². The van der Waals surface area contributed by atoms with Crippen molar-refractivity contribution in [3.8, 4) is 0 Å². The minimum atomic E-state index is -0.158. The van der Waals surface area contributed by atoms with Crippen LogP contribution >= 0.6 is 11.6 Å². The quantitative estimate of drug-likeness (QED) is 0.738. The zero-order valence-electron chi connectivity index (χ0n) is 13.4. The van der Waals surface area contributed by atoms with Gasteiger partial charge in [0.05, 0.1) is 12.2 Å². The molecule has 25 heavy (non-hydrogen) atoms. The third-order valence-corrected chi connectivity index (χ3v) is 4.06. The molecule has 0 aliphatic carbocycles. The summed E-state index contributed by atoms with van der Waals surface area (Å²) in [6.45, 7) is 0.841. The number of nitrogens with one attached hydrogen (secondary N) is 1. The summed E-state index contributed by atoms with van der Waals surface area (Å²) in [5.41, 5.74) is 1.25. The van der Waals surface area contributed by atoms with Crippen LogP contribution in [0, 0.1) is 0 Å². The number of carbonyl (C=O) groups excluding carboxylic acids is 1. The first-order valence-corrected chi connectivity index (χ1v) is 8.21. The van der Waals surface area contributed by atoms with Crippen molar-refractivity contribution >= 4 is 23.2 Å². The van der Waals surface area contributed by atoms with Crippen LogP contribution in [0.4, 0.5) is 5.69 Å². The highest BCUT2D eigenvalue weighted by Crippen LogP contribution is 2.16. The highest BCUT2D eigenvalue weighted by atomic mass is 35.5. The summed E-state index contributed by atoms with van der Waals surface area (Å²) in [4.78, 5) is 24.1. The molecule has 0 atom stereocenters. The summed E-state index contributed by atoms with van der Waals surface area (Å²) >= 11 is 6.15. The Morgan fingerprint density at radius 1 is 1.16 bits per heavy atom. The van der Waals surface area contributed by atoms with E-state index >= 15 is 0 Å². The Hall–Kier alpha value is -2.86. The van der Waals surface area contributed by atoms with E-state index in [0.717, 1.165) is 5.56 Å². The minimum absolute atomic E-state index is 0.140. The fourth-order valence-electron chi connectivity index (χ4n) is 2.41. The zero-order valence-corrected chi connectivity index (χ0v) is 14.2. The third-order valence-electron chi connectivity index (χ3n) is 3.69. The Kier molecular flexibility index (Phi) is 5.30. The van der Waals surface area contributed by atoms with E-state index in [0.29, 0.717) is 30.2 Å². The molecule has 0 spiro atoms. The number of aryl methyl sites for hydroxylation is 1. The number of aromatic nitrogens is 3. The number of hydrogen-bond donors (Lipinski definition) is 1. The van der Waals surface area contributed by atoms with Crippen molar-refractivity contribution in [3.05, 3.63) is 82.0 Å². The van der Waals surface area contributed by atoms with Crippen molar-refractivity contribution in [1.29, 1.82) is 0 Å². The number of benzene rings is 1. The van der Waals surface area contributed by atoms with Crippen molar-refractivity contribution in [1.82, 2.24) is 14.3 Å². The molecule has 0 aliphatic heterocycles. The lowest BCUT2D eigenvalue weighted by Crippen LogP contribution is -2.21. The van der Waals surface area contributed by atoms with Gasteiger partial charge in [0, 0.05) is 42.6 Å². The molecule has 0 unspecified atom stereocenters. The van der Waals surface area contributed by atoms with E-state index in [1.54, 1.807) is 35.4 Å². The van der Waals surface area contributed by atoms with Crippen LogP contribution in [-0.4, -0.2) is 20.3 Å². The number of nitrogens with zero attached hydrogens (tertiary/aromatic N) is 3. The summed E-state index contributed by atoms with van der Waals surface area (Å²) in [5, 5.41) is 7.45. The average Bonchev–Trinajstić information content (AvgIpc) is 3.11. The SMILES string of the molecule is O=C(CCn1cccn1)Nc1ccc(=O)n(Cc2ccccc2Cl)c1. The molecular weight excluding hydrogens is 340 g/mol. The van der Waals surface area contributed by atoms with E-state index in [-0.39, 0.29) is 11.5 Å². The highest BCUT2D eigenvalue weighted by Gasteiger charge is 2.06. The molecule has 0 bridgehead atoms. The lowest BCUT2D eigenvalue weighted by Gasteiger charge is -2.11. The van der Waals surface area contributed by atoms with E-state index in [4.69, 9.17) is 11.6 Å². The van der Waals surface area contributed by atoms with Gasteiger partial charge in [0.25, 0.3) is 5.56 Å². The standard InChI is InChI=1S/C18H17ClN4O2/c19-16-5-2-1-4-14(16)12-22-13-15(6-7-18(22)25)21-17(24)8-11-23-10-3-9-20-23/h1-7,9-10,13H,8,11-12H2,(H,21,24). The largest absolute Gasteiger partial charge is 0.325 e. The van der Waals surface area contributed by atoms with Crippen molar-refractivity contribution in [2.24, 2.45) is 0 Å². The number of pyridine rings is 1. The molecule has 128 valence electrons. The Morgan fingerprint density at radius 2 is 2.00 bits per heavy atom. The van der Waals surface area contributed by atoms with Crippen LogP contribution in [0.1, 0.15) is 12.0 Å². The molecule has 0 saturated heterocycles. The average molecular weight is 357 g/mol. The predicted octanol–water partition coefficient (Wildman–Crippen LogP) is 2.78. The number of halogens is 1. The maximum absolute atomic E-state index is 12.1. The molecule has 1 N–H and O–H groups in total. The molecule has 0 saturated carbocycles. The summed E-state index contributed by atoms with van der Waals surface area (Å²) in [6.07, 6.45) is 5.39. The fourth-order valence-corrected chi connectivity index (χ4v) is 2.61. The lowest BCUT2D eigenvalue weighted by molar-refractivity contribution is -0.116. The number of carbonyl (C=O) groups is 1. The Morgan fingerprint density at radius 3 is 2.76 bits per heavy atom. The zero-order chi connectivity index (χ0) is 17.6. The second kappa shape index (κ2) is 7.81. The van der Waals surface area contributed by atoms with Crippen LogP contribution in [0.15, 0.2) is 65.8 Å². The van der Waals surface area contributed by atoms with E-state index in [9.17, 15) is 9.59 Å². The molecule has 3 aromatic rings. The molecule has 2 heterocycles.